The number of hydrogen-bond acceptors (Lipinski definition) is 3. The average Bonchev–Trinajstić information content (AvgIpc) is 2.57. The summed E-state index contributed by atoms with van der Waals surface area (Å²) >= 11 is 0. The highest BCUT2D eigenvalue weighted by atomic mass is 127. The summed E-state index contributed by atoms with van der Waals surface area (Å²) in [5, 5.41) is 6.65. The van der Waals surface area contributed by atoms with Gasteiger partial charge in [-0.15, -0.1) is 24.0 Å². The fourth-order valence-electron chi connectivity index (χ4n) is 2.21. The Kier molecular flexibility index (Phi) is 13.7. The third kappa shape index (κ3) is 9.97. The Hall–Kier alpha value is -1.02. The largest absolute Gasteiger partial charge is 0.382 e. The van der Waals surface area contributed by atoms with Crippen LogP contribution < -0.4 is 15.5 Å². The molecule has 1 aromatic carbocycles. The first-order valence-corrected chi connectivity index (χ1v) is 8.46. The Morgan fingerprint density at radius 3 is 2.25 bits per heavy atom. The summed E-state index contributed by atoms with van der Waals surface area (Å²) < 4.78 is 5.32. The van der Waals surface area contributed by atoms with E-state index in [9.17, 15) is 0 Å². The number of nitrogens with zero attached hydrogens (tertiary/aromatic N) is 2. The van der Waals surface area contributed by atoms with Crippen LogP contribution in [0.5, 0.6) is 0 Å². The predicted molar refractivity (Wildman–Crippen MR) is 115 cm³/mol. The fraction of sp³-hybridized carbons (Fsp3) is 0.611. The molecule has 0 aliphatic carbocycles. The fourth-order valence-corrected chi connectivity index (χ4v) is 2.21. The average molecular weight is 448 g/mol. The zero-order valence-electron chi connectivity index (χ0n) is 15.5. The molecule has 0 saturated heterocycles. The zero-order valence-corrected chi connectivity index (χ0v) is 17.8. The molecule has 0 saturated carbocycles. The number of nitrogens with one attached hydrogen (secondary N) is 2. The van der Waals surface area contributed by atoms with Crippen molar-refractivity contribution in [3.63, 3.8) is 0 Å². The van der Waals surface area contributed by atoms with Gasteiger partial charge in [0, 0.05) is 53.1 Å². The van der Waals surface area contributed by atoms with Gasteiger partial charge in [0.2, 0.25) is 0 Å². The SMILES string of the molecule is CCOCCCNC(=NC)NCCCc1ccc(N(C)C)cc1.I. The molecule has 0 aliphatic rings. The van der Waals surface area contributed by atoms with Gasteiger partial charge in [0.15, 0.2) is 5.96 Å². The van der Waals surface area contributed by atoms with Gasteiger partial charge < -0.3 is 20.3 Å². The van der Waals surface area contributed by atoms with E-state index in [1.54, 1.807) is 7.05 Å². The number of ether oxygens (including phenoxy) is 1. The maximum Gasteiger partial charge on any atom is 0.190 e. The molecule has 0 atom stereocenters. The van der Waals surface area contributed by atoms with E-state index in [0.29, 0.717) is 0 Å². The number of benzene rings is 1. The minimum absolute atomic E-state index is 0. The van der Waals surface area contributed by atoms with Gasteiger partial charge in [0.25, 0.3) is 0 Å². The number of rotatable bonds is 10. The van der Waals surface area contributed by atoms with Gasteiger partial charge in [-0.1, -0.05) is 12.1 Å². The maximum atomic E-state index is 5.32. The van der Waals surface area contributed by atoms with Crippen LogP contribution in [-0.2, 0) is 11.2 Å². The first-order valence-electron chi connectivity index (χ1n) is 8.46. The van der Waals surface area contributed by atoms with Crippen molar-refractivity contribution < 1.29 is 4.74 Å². The van der Waals surface area contributed by atoms with E-state index in [4.69, 9.17) is 4.74 Å². The summed E-state index contributed by atoms with van der Waals surface area (Å²) in [7, 11) is 5.93. The van der Waals surface area contributed by atoms with Crippen molar-refractivity contribution >= 4 is 35.6 Å². The molecule has 0 aromatic heterocycles. The van der Waals surface area contributed by atoms with Crippen LogP contribution in [0.1, 0.15) is 25.3 Å². The Labute approximate surface area is 164 Å². The second-order valence-corrected chi connectivity index (χ2v) is 5.64. The summed E-state index contributed by atoms with van der Waals surface area (Å²) in [5.41, 5.74) is 2.61. The minimum atomic E-state index is 0. The Morgan fingerprint density at radius 1 is 1.08 bits per heavy atom. The summed E-state index contributed by atoms with van der Waals surface area (Å²) in [6.07, 6.45) is 3.15. The lowest BCUT2D eigenvalue weighted by Gasteiger charge is -2.13. The summed E-state index contributed by atoms with van der Waals surface area (Å²) in [6.45, 7) is 5.39. The van der Waals surface area contributed by atoms with E-state index >= 15 is 0 Å². The lowest BCUT2D eigenvalue weighted by atomic mass is 10.1. The molecule has 0 amide bonds. The van der Waals surface area contributed by atoms with E-state index in [1.807, 2.05) is 6.92 Å². The molecule has 0 radical (unpaired) electrons. The molecule has 138 valence electrons. The van der Waals surface area contributed by atoms with Crippen LogP contribution in [0.3, 0.4) is 0 Å². The van der Waals surface area contributed by atoms with Gasteiger partial charge in [-0.25, -0.2) is 0 Å². The van der Waals surface area contributed by atoms with E-state index in [1.165, 1.54) is 11.3 Å². The number of aliphatic imine (C=N–C) groups is 1. The van der Waals surface area contributed by atoms with Gasteiger partial charge in [0.1, 0.15) is 0 Å². The molecular weight excluding hydrogens is 415 g/mol. The predicted octanol–water partition coefficient (Wildman–Crippen LogP) is 2.89. The second kappa shape index (κ2) is 14.3. The third-order valence-electron chi connectivity index (χ3n) is 3.57. The molecule has 1 rings (SSSR count). The molecule has 0 bridgehead atoms. The van der Waals surface area contributed by atoms with Gasteiger partial charge in [-0.05, 0) is 43.9 Å². The number of hydrogen-bond donors (Lipinski definition) is 2. The van der Waals surface area contributed by atoms with E-state index in [0.717, 1.165) is 51.5 Å². The van der Waals surface area contributed by atoms with Crippen LogP contribution in [0.4, 0.5) is 5.69 Å². The summed E-state index contributed by atoms with van der Waals surface area (Å²) in [6, 6.07) is 8.75. The van der Waals surface area contributed by atoms with Crippen molar-refractivity contribution in [2.24, 2.45) is 4.99 Å². The van der Waals surface area contributed by atoms with Crippen LogP contribution in [0.2, 0.25) is 0 Å². The zero-order chi connectivity index (χ0) is 16.9. The molecule has 0 spiro atoms. The third-order valence-corrected chi connectivity index (χ3v) is 3.57. The number of aryl methyl sites for hydroxylation is 1. The second-order valence-electron chi connectivity index (χ2n) is 5.64. The van der Waals surface area contributed by atoms with Crippen LogP contribution in [-0.4, -0.2) is 53.4 Å². The molecule has 24 heavy (non-hydrogen) atoms. The number of anilines is 1. The van der Waals surface area contributed by atoms with Crippen LogP contribution in [0.15, 0.2) is 29.3 Å². The molecular formula is C18H33IN4O. The monoisotopic (exact) mass is 448 g/mol. The lowest BCUT2D eigenvalue weighted by molar-refractivity contribution is 0.145. The quantitative estimate of drug-likeness (QED) is 0.250. The van der Waals surface area contributed by atoms with Crippen molar-refractivity contribution in [3.05, 3.63) is 29.8 Å². The highest BCUT2D eigenvalue weighted by molar-refractivity contribution is 14.0. The van der Waals surface area contributed by atoms with Crippen molar-refractivity contribution in [3.8, 4) is 0 Å². The first-order chi connectivity index (χ1) is 11.2. The normalized spacial score (nSPS) is 10.9. The smallest absolute Gasteiger partial charge is 0.190 e. The molecule has 6 heteroatoms. The molecule has 1 aromatic rings. The van der Waals surface area contributed by atoms with E-state index in [2.05, 4.69) is 58.9 Å². The van der Waals surface area contributed by atoms with Crippen LogP contribution in [0, 0.1) is 0 Å². The van der Waals surface area contributed by atoms with Crippen molar-refractivity contribution in [2.45, 2.75) is 26.2 Å². The van der Waals surface area contributed by atoms with Crippen molar-refractivity contribution in [2.75, 3.05) is 52.3 Å². The summed E-state index contributed by atoms with van der Waals surface area (Å²) in [5.74, 6) is 0.865. The van der Waals surface area contributed by atoms with Gasteiger partial charge in [0.05, 0.1) is 0 Å². The van der Waals surface area contributed by atoms with E-state index in [-0.39, 0.29) is 24.0 Å². The first kappa shape index (κ1) is 23.0. The highest BCUT2D eigenvalue weighted by Crippen LogP contribution is 2.13. The highest BCUT2D eigenvalue weighted by Gasteiger charge is 1.99. The molecule has 0 aliphatic heterocycles. The van der Waals surface area contributed by atoms with E-state index < -0.39 is 0 Å². The topological polar surface area (TPSA) is 48.9 Å². The molecule has 0 fully saturated rings. The number of halogens is 1. The standard InChI is InChI=1S/C18H32N4O.HI/c1-5-23-15-7-14-21-18(19-2)20-13-6-8-16-9-11-17(12-10-16)22(3)4;/h9-12H,5-8,13-15H2,1-4H3,(H2,19,20,21);1H. The molecule has 0 unspecified atom stereocenters. The molecule has 5 nitrogen and oxygen atoms in total. The maximum absolute atomic E-state index is 5.32. The van der Waals surface area contributed by atoms with Crippen molar-refractivity contribution in [1.82, 2.24) is 10.6 Å². The van der Waals surface area contributed by atoms with Crippen molar-refractivity contribution in [1.29, 1.82) is 0 Å². The lowest BCUT2D eigenvalue weighted by Crippen LogP contribution is -2.38. The Morgan fingerprint density at radius 2 is 1.71 bits per heavy atom. The van der Waals surface area contributed by atoms with Gasteiger partial charge in [-0.3, -0.25) is 4.99 Å². The number of guanidine groups is 1. The minimum Gasteiger partial charge on any atom is -0.382 e. The Balaban J connectivity index is 0.00000529. The molecule has 0 heterocycles. The Bertz CT molecular complexity index is 449. The van der Waals surface area contributed by atoms with Gasteiger partial charge in [-0.2, -0.15) is 0 Å². The van der Waals surface area contributed by atoms with Gasteiger partial charge >= 0.3 is 0 Å². The molecule has 2 N–H and O–H groups in total. The summed E-state index contributed by atoms with van der Waals surface area (Å²) in [4.78, 5) is 6.35. The van der Waals surface area contributed by atoms with Crippen LogP contribution >= 0.6 is 24.0 Å². The van der Waals surface area contributed by atoms with Crippen LogP contribution in [0.25, 0.3) is 0 Å².